The van der Waals surface area contributed by atoms with Gasteiger partial charge in [0.2, 0.25) is 0 Å². The van der Waals surface area contributed by atoms with Gasteiger partial charge in [0, 0.05) is 13.0 Å². The summed E-state index contributed by atoms with van der Waals surface area (Å²) in [6, 6.07) is 0. The molecule has 0 bridgehead atoms. The molecule has 12 nitrogen and oxygen atoms in total. The van der Waals surface area contributed by atoms with Gasteiger partial charge in [-0.25, -0.2) is 4.57 Å². The first-order valence-electron chi connectivity index (χ1n) is 28.5. The van der Waals surface area contributed by atoms with E-state index in [0.29, 0.717) is 13.0 Å². The third kappa shape index (κ3) is 38.0. The number of ether oxygens (including phenoxy) is 2. The normalized spacial score (nSPS) is 21.2. The highest BCUT2D eigenvalue weighted by molar-refractivity contribution is 7.47. The highest BCUT2D eigenvalue weighted by Crippen LogP contribution is 2.47. The summed E-state index contributed by atoms with van der Waals surface area (Å²) in [6.45, 7) is 4.25. The second-order valence-electron chi connectivity index (χ2n) is 19.8. The smallest absolute Gasteiger partial charge is 0.457 e. The molecule has 1 rings (SSSR count). The van der Waals surface area contributed by atoms with E-state index in [1.165, 1.54) is 148 Å². The first kappa shape index (κ1) is 66.3. The molecule has 13 heteroatoms. The van der Waals surface area contributed by atoms with E-state index >= 15 is 0 Å². The lowest BCUT2D eigenvalue weighted by molar-refractivity contribution is -0.220. The molecule has 0 aromatic carbocycles. The minimum absolute atomic E-state index is 0.0820. The molecule has 1 aliphatic carbocycles. The second kappa shape index (κ2) is 47.0. The first-order valence-corrected chi connectivity index (χ1v) is 30.0. The van der Waals surface area contributed by atoms with Crippen LogP contribution in [0.25, 0.3) is 0 Å². The highest BCUT2D eigenvalue weighted by Gasteiger charge is 2.51. The maximum absolute atomic E-state index is 12.9. The van der Waals surface area contributed by atoms with Crippen molar-refractivity contribution >= 4 is 13.8 Å². The SMILES string of the molecule is CCCCC/C=C\C/C=C\C/C=C\CCCCCCCCC(=O)OC(COCCCCCCCCCCCCCC/C=C\CCCCCCCCCC)COP(=O)(O)OC1C(O)C(O)C(O)C(O)C1O. The Morgan fingerprint density at radius 3 is 1.26 bits per heavy atom. The molecule has 1 saturated carbocycles. The number of allylic oxidation sites excluding steroid dienone is 8. The molecule has 0 amide bonds. The van der Waals surface area contributed by atoms with Crippen molar-refractivity contribution in [3.8, 4) is 0 Å². The average molecular weight is 1010 g/mol. The van der Waals surface area contributed by atoms with E-state index in [2.05, 4.69) is 62.5 Å². The number of hydrogen-bond donors (Lipinski definition) is 6. The lowest BCUT2D eigenvalue weighted by Crippen LogP contribution is -2.64. The van der Waals surface area contributed by atoms with Crippen molar-refractivity contribution in [3.05, 3.63) is 48.6 Å². The lowest BCUT2D eigenvalue weighted by atomic mass is 9.85. The largest absolute Gasteiger partial charge is 0.472 e. The highest BCUT2D eigenvalue weighted by atomic mass is 31.2. The van der Waals surface area contributed by atoms with Crippen molar-refractivity contribution in [2.45, 2.75) is 288 Å². The number of carbonyl (C=O) groups is 1. The fourth-order valence-corrected chi connectivity index (χ4v) is 9.63. The number of hydrogen-bond acceptors (Lipinski definition) is 11. The number of unbranched alkanes of at least 4 members (excludes halogenated alkanes) is 29. The fourth-order valence-electron chi connectivity index (χ4n) is 8.65. The number of aliphatic hydroxyl groups excluding tert-OH is 5. The molecule has 0 radical (unpaired) electrons. The maximum Gasteiger partial charge on any atom is 0.472 e. The summed E-state index contributed by atoms with van der Waals surface area (Å²) in [6.07, 6.45) is 47.5. The number of esters is 1. The van der Waals surface area contributed by atoms with E-state index in [1.54, 1.807) is 0 Å². The van der Waals surface area contributed by atoms with Crippen molar-refractivity contribution in [2.75, 3.05) is 19.8 Å². The van der Waals surface area contributed by atoms with Gasteiger partial charge >= 0.3 is 13.8 Å². The molecule has 70 heavy (non-hydrogen) atoms. The molecule has 6 N–H and O–H groups in total. The fraction of sp³-hybridized carbons (Fsp3) is 0.842. The van der Waals surface area contributed by atoms with E-state index in [9.17, 15) is 39.8 Å². The van der Waals surface area contributed by atoms with Crippen LogP contribution in [0.4, 0.5) is 0 Å². The van der Waals surface area contributed by atoms with Crippen LogP contribution in [-0.2, 0) is 27.9 Å². The predicted molar refractivity (Wildman–Crippen MR) is 286 cm³/mol. The summed E-state index contributed by atoms with van der Waals surface area (Å²) < 4.78 is 34.4. The third-order valence-electron chi connectivity index (χ3n) is 13.2. The van der Waals surface area contributed by atoms with Crippen LogP contribution in [0.5, 0.6) is 0 Å². The zero-order chi connectivity index (χ0) is 51.2. The van der Waals surface area contributed by atoms with Crippen LogP contribution in [0.15, 0.2) is 48.6 Å². The topological polar surface area (TPSA) is 192 Å². The summed E-state index contributed by atoms with van der Waals surface area (Å²) in [5, 5.41) is 50.4. The van der Waals surface area contributed by atoms with Crippen LogP contribution in [-0.4, -0.2) is 98.9 Å². The number of rotatable bonds is 49. The summed E-state index contributed by atoms with van der Waals surface area (Å²) in [5.41, 5.74) is 0. The third-order valence-corrected chi connectivity index (χ3v) is 14.2. The molecular formula is C57H105O12P. The van der Waals surface area contributed by atoms with E-state index < -0.39 is 63.1 Å². The van der Waals surface area contributed by atoms with E-state index in [0.717, 1.165) is 70.6 Å². The summed E-state index contributed by atoms with van der Waals surface area (Å²) in [5.74, 6) is -0.487. The van der Waals surface area contributed by atoms with Crippen LogP contribution in [0.2, 0.25) is 0 Å². The standard InChI is InChI=1S/C57H105O12P/c1-3-5-7-9-11-13-15-17-19-21-23-24-25-26-27-29-31-33-35-37-39-41-43-45-47-66-48-50(49-67-70(64,65)69-57-55(62)53(60)52(59)54(61)56(57)63)68-51(58)46-44-42-40-38-36-34-32-30-28-22-20-18-16-14-12-10-8-6-4-2/h12,14,18,20-21,23,28,30,50,52-57,59-63H,3-11,13,15-17,19,22,24-27,29,31-49H2,1-2H3,(H,64,65)/b14-12-,20-18-,23-21-,30-28-. The molecule has 410 valence electrons. The molecule has 0 aromatic rings. The molecule has 0 aromatic heterocycles. The monoisotopic (exact) mass is 1010 g/mol. The molecule has 0 spiro atoms. The van der Waals surface area contributed by atoms with Gasteiger partial charge in [-0.15, -0.1) is 0 Å². The molecule has 0 aliphatic heterocycles. The molecule has 6 unspecified atom stereocenters. The van der Waals surface area contributed by atoms with Crippen molar-refractivity contribution in [3.63, 3.8) is 0 Å². The van der Waals surface area contributed by atoms with Gasteiger partial charge in [-0.2, -0.15) is 0 Å². The van der Waals surface area contributed by atoms with Gasteiger partial charge in [0.15, 0.2) is 0 Å². The van der Waals surface area contributed by atoms with Crippen LogP contribution >= 0.6 is 7.82 Å². The van der Waals surface area contributed by atoms with Gasteiger partial charge < -0.3 is 39.9 Å². The molecule has 1 fully saturated rings. The predicted octanol–water partition coefficient (Wildman–Crippen LogP) is 13.5. The Bertz CT molecular complexity index is 1340. The zero-order valence-corrected chi connectivity index (χ0v) is 45.2. The quantitative estimate of drug-likeness (QED) is 0.0146. The molecule has 0 heterocycles. The molecule has 6 atom stereocenters. The Morgan fingerprint density at radius 1 is 0.457 bits per heavy atom. The van der Waals surface area contributed by atoms with Crippen LogP contribution < -0.4 is 0 Å². The van der Waals surface area contributed by atoms with E-state index in [-0.39, 0.29) is 13.0 Å². The summed E-state index contributed by atoms with van der Waals surface area (Å²) >= 11 is 0. The number of carbonyl (C=O) groups excluding carboxylic acids is 1. The van der Waals surface area contributed by atoms with Gasteiger partial charge in [0.25, 0.3) is 0 Å². The Morgan fingerprint density at radius 2 is 0.800 bits per heavy atom. The zero-order valence-electron chi connectivity index (χ0n) is 44.3. The van der Waals surface area contributed by atoms with Crippen LogP contribution in [0.1, 0.15) is 245 Å². The average Bonchev–Trinajstić information content (AvgIpc) is 3.35. The number of phosphoric ester groups is 1. The first-order chi connectivity index (χ1) is 34.0. The summed E-state index contributed by atoms with van der Waals surface area (Å²) in [4.78, 5) is 23.3. The lowest BCUT2D eigenvalue weighted by Gasteiger charge is -2.41. The van der Waals surface area contributed by atoms with Gasteiger partial charge in [0.05, 0.1) is 13.2 Å². The van der Waals surface area contributed by atoms with Crippen molar-refractivity contribution in [1.82, 2.24) is 0 Å². The van der Waals surface area contributed by atoms with Crippen molar-refractivity contribution in [2.24, 2.45) is 0 Å². The Kier molecular flexibility index (Phi) is 44.6. The Hall–Kier alpha value is -1.70. The maximum atomic E-state index is 12.9. The van der Waals surface area contributed by atoms with Gasteiger partial charge in [-0.3, -0.25) is 13.8 Å². The van der Waals surface area contributed by atoms with Crippen molar-refractivity contribution < 1.29 is 58.3 Å². The van der Waals surface area contributed by atoms with Gasteiger partial charge in [-0.1, -0.05) is 210 Å². The Labute approximate surface area is 426 Å². The number of phosphoric acid groups is 1. The van der Waals surface area contributed by atoms with Crippen molar-refractivity contribution in [1.29, 1.82) is 0 Å². The van der Waals surface area contributed by atoms with E-state index in [1.807, 2.05) is 0 Å². The van der Waals surface area contributed by atoms with Gasteiger partial charge in [-0.05, 0) is 77.0 Å². The van der Waals surface area contributed by atoms with Crippen LogP contribution in [0, 0.1) is 0 Å². The number of aliphatic hydroxyl groups is 5. The Balaban J connectivity index is 2.29. The molecular weight excluding hydrogens is 908 g/mol. The second-order valence-corrected chi connectivity index (χ2v) is 21.2. The van der Waals surface area contributed by atoms with Gasteiger partial charge in [0.1, 0.15) is 42.7 Å². The minimum atomic E-state index is -5.03. The van der Waals surface area contributed by atoms with E-state index in [4.69, 9.17) is 18.5 Å². The molecule has 0 saturated heterocycles. The van der Waals surface area contributed by atoms with Crippen LogP contribution in [0.3, 0.4) is 0 Å². The minimum Gasteiger partial charge on any atom is -0.457 e. The summed E-state index contributed by atoms with van der Waals surface area (Å²) in [7, 11) is -5.03. The molecule has 1 aliphatic rings.